The number of carbonyl (C=O) groups is 1. The summed E-state index contributed by atoms with van der Waals surface area (Å²) in [5.41, 5.74) is 1.06. The van der Waals surface area contributed by atoms with Gasteiger partial charge >= 0.3 is 0 Å². The Labute approximate surface area is 144 Å². The maximum absolute atomic E-state index is 11.8. The smallest absolute Gasteiger partial charge is 0.178 e. The van der Waals surface area contributed by atoms with Gasteiger partial charge in [-0.3, -0.25) is 4.79 Å². The van der Waals surface area contributed by atoms with Crippen LogP contribution in [0.2, 0.25) is 0 Å². The van der Waals surface area contributed by atoms with Gasteiger partial charge < -0.3 is 10.2 Å². The molecule has 130 valence electrons. The molecule has 4 rings (SSSR count). The standard InChI is InChI=1S/C21H28O3/c1-19-10-8-14(22)12-13(19)4-5-15-16-6-7-18(21(3,23)24)20(16,2)11-9-17(15)19/h4-5,8,10,12,15-18,23-24H,6-7,9,11H2,1-3H3/t15-,16-,17-,18-,19-,20-/m0/s1. The highest BCUT2D eigenvalue weighted by molar-refractivity contribution is 6.01. The molecule has 4 aliphatic carbocycles. The summed E-state index contributed by atoms with van der Waals surface area (Å²) >= 11 is 0. The summed E-state index contributed by atoms with van der Waals surface area (Å²) in [7, 11) is 0. The van der Waals surface area contributed by atoms with E-state index in [0.717, 1.165) is 31.3 Å². The molecule has 0 aromatic heterocycles. The Kier molecular flexibility index (Phi) is 3.34. The van der Waals surface area contributed by atoms with Crippen LogP contribution in [0.1, 0.15) is 46.5 Å². The summed E-state index contributed by atoms with van der Waals surface area (Å²) in [5, 5.41) is 20.5. The van der Waals surface area contributed by atoms with Crippen molar-refractivity contribution >= 4 is 5.78 Å². The first-order valence-electron chi connectivity index (χ1n) is 9.24. The predicted octanol–water partition coefficient (Wildman–Crippen LogP) is 3.39. The predicted molar refractivity (Wildman–Crippen MR) is 92.9 cm³/mol. The van der Waals surface area contributed by atoms with E-state index >= 15 is 0 Å². The summed E-state index contributed by atoms with van der Waals surface area (Å²) in [5.74, 6) is -0.128. The van der Waals surface area contributed by atoms with Crippen LogP contribution in [-0.2, 0) is 4.79 Å². The second-order valence-electron chi connectivity index (χ2n) is 9.04. The highest BCUT2D eigenvalue weighted by Gasteiger charge is 2.60. The van der Waals surface area contributed by atoms with Crippen molar-refractivity contribution < 1.29 is 15.0 Å². The zero-order valence-electron chi connectivity index (χ0n) is 14.8. The van der Waals surface area contributed by atoms with Crippen molar-refractivity contribution in [3.05, 3.63) is 36.0 Å². The number of allylic oxidation sites excluding steroid dienone is 6. The number of rotatable bonds is 1. The number of hydrogen-bond acceptors (Lipinski definition) is 3. The number of hydrogen-bond donors (Lipinski definition) is 2. The normalized spacial score (nSPS) is 47.0. The van der Waals surface area contributed by atoms with E-state index < -0.39 is 5.79 Å². The molecule has 2 fully saturated rings. The van der Waals surface area contributed by atoms with E-state index in [1.54, 1.807) is 19.1 Å². The molecule has 0 heterocycles. The molecule has 3 nitrogen and oxygen atoms in total. The highest BCUT2D eigenvalue weighted by Crippen LogP contribution is 2.65. The van der Waals surface area contributed by atoms with Gasteiger partial charge in [0.2, 0.25) is 0 Å². The maximum Gasteiger partial charge on any atom is 0.178 e. The van der Waals surface area contributed by atoms with Gasteiger partial charge in [-0.1, -0.05) is 32.1 Å². The molecule has 3 heteroatoms. The lowest BCUT2D eigenvalue weighted by atomic mass is 9.49. The van der Waals surface area contributed by atoms with Gasteiger partial charge in [-0.15, -0.1) is 0 Å². The first-order valence-corrected chi connectivity index (χ1v) is 9.24. The average Bonchev–Trinajstić information content (AvgIpc) is 2.85. The van der Waals surface area contributed by atoms with Gasteiger partial charge in [0.25, 0.3) is 0 Å². The Morgan fingerprint density at radius 3 is 2.58 bits per heavy atom. The first kappa shape index (κ1) is 16.3. The number of ketones is 1. The average molecular weight is 328 g/mol. The molecule has 0 amide bonds. The zero-order valence-corrected chi connectivity index (χ0v) is 14.8. The minimum atomic E-state index is -1.60. The molecule has 0 bridgehead atoms. The van der Waals surface area contributed by atoms with E-state index in [1.807, 2.05) is 0 Å². The van der Waals surface area contributed by atoms with Crippen molar-refractivity contribution in [1.29, 1.82) is 0 Å². The van der Waals surface area contributed by atoms with E-state index in [2.05, 4.69) is 32.1 Å². The Morgan fingerprint density at radius 2 is 1.88 bits per heavy atom. The molecular weight excluding hydrogens is 300 g/mol. The van der Waals surface area contributed by atoms with E-state index in [9.17, 15) is 15.0 Å². The second kappa shape index (κ2) is 4.92. The van der Waals surface area contributed by atoms with E-state index in [-0.39, 0.29) is 22.5 Å². The van der Waals surface area contributed by atoms with Crippen molar-refractivity contribution in [3.8, 4) is 0 Å². The molecule has 4 aliphatic rings. The number of aliphatic hydroxyl groups is 2. The third-order valence-corrected chi connectivity index (χ3v) is 7.77. The topological polar surface area (TPSA) is 57.5 Å². The van der Waals surface area contributed by atoms with Crippen molar-refractivity contribution in [2.45, 2.75) is 52.2 Å². The minimum absolute atomic E-state index is 0.0183. The van der Waals surface area contributed by atoms with Gasteiger partial charge in [-0.25, -0.2) is 0 Å². The number of carbonyl (C=O) groups excluding carboxylic acids is 1. The molecular formula is C21H28O3. The molecule has 0 aliphatic heterocycles. The third-order valence-electron chi connectivity index (χ3n) is 7.77. The van der Waals surface area contributed by atoms with E-state index in [4.69, 9.17) is 0 Å². The summed E-state index contributed by atoms with van der Waals surface area (Å²) in [6, 6.07) is 0. The van der Waals surface area contributed by atoms with Crippen LogP contribution in [0.5, 0.6) is 0 Å². The fourth-order valence-electron chi connectivity index (χ4n) is 6.55. The number of fused-ring (bicyclic) bond motifs is 5. The van der Waals surface area contributed by atoms with Crippen molar-refractivity contribution in [3.63, 3.8) is 0 Å². The Hall–Kier alpha value is -1.19. The molecule has 24 heavy (non-hydrogen) atoms. The van der Waals surface area contributed by atoms with E-state index in [1.165, 1.54) is 0 Å². The van der Waals surface area contributed by atoms with Gasteiger partial charge in [0, 0.05) is 11.3 Å². The van der Waals surface area contributed by atoms with Crippen LogP contribution in [0.3, 0.4) is 0 Å². The monoisotopic (exact) mass is 328 g/mol. The Morgan fingerprint density at radius 1 is 1.12 bits per heavy atom. The molecule has 0 aromatic rings. The first-order chi connectivity index (χ1) is 11.2. The summed E-state index contributed by atoms with van der Waals surface area (Å²) in [6.07, 6.45) is 14.1. The fourth-order valence-corrected chi connectivity index (χ4v) is 6.55. The fraction of sp³-hybridized carbons (Fsp3) is 0.667. The van der Waals surface area contributed by atoms with Crippen LogP contribution < -0.4 is 0 Å². The van der Waals surface area contributed by atoms with Crippen LogP contribution >= 0.6 is 0 Å². The van der Waals surface area contributed by atoms with Crippen LogP contribution in [0.4, 0.5) is 0 Å². The molecule has 2 saturated carbocycles. The third kappa shape index (κ3) is 2.07. The molecule has 0 unspecified atom stereocenters. The van der Waals surface area contributed by atoms with Gasteiger partial charge in [-0.2, -0.15) is 0 Å². The summed E-state index contributed by atoms with van der Waals surface area (Å²) in [4.78, 5) is 11.8. The van der Waals surface area contributed by atoms with Crippen LogP contribution in [-0.4, -0.2) is 21.8 Å². The lowest BCUT2D eigenvalue weighted by Crippen LogP contribution is -2.51. The lowest BCUT2D eigenvalue weighted by molar-refractivity contribution is -0.216. The molecule has 0 spiro atoms. The summed E-state index contributed by atoms with van der Waals surface area (Å²) in [6.45, 7) is 6.07. The lowest BCUT2D eigenvalue weighted by Gasteiger charge is -2.55. The van der Waals surface area contributed by atoms with Crippen molar-refractivity contribution in [2.24, 2.45) is 34.5 Å². The quantitative estimate of drug-likeness (QED) is 0.726. The van der Waals surface area contributed by atoms with Crippen LogP contribution in [0, 0.1) is 34.5 Å². The van der Waals surface area contributed by atoms with Gasteiger partial charge in [0.1, 0.15) is 0 Å². The maximum atomic E-state index is 11.8. The van der Waals surface area contributed by atoms with Crippen LogP contribution in [0.25, 0.3) is 0 Å². The van der Waals surface area contributed by atoms with Crippen molar-refractivity contribution in [2.75, 3.05) is 0 Å². The molecule has 0 radical (unpaired) electrons. The Bertz CT molecular complexity index is 665. The van der Waals surface area contributed by atoms with Gasteiger partial charge in [0.05, 0.1) is 0 Å². The van der Waals surface area contributed by atoms with Gasteiger partial charge in [0.15, 0.2) is 11.6 Å². The molecule has 2 N–H and O–H groups in total. The largest absolute Gasteiger partial charge is 0.366 e. The van der Waals surface area contributed by atoms with Crippen LogP contribution in [0.15, 0.2) is 36.0 Å². The molecule has 0 aromatic carbocycles. The second-order valence-corrected chi connectivity index (χ2v) is 9.04. The van der Waals surface area contributed by atoms with E-state index in [0.29, 0.717) is 17.8 Å². The molecule has 0 saturated heterocycles. The van der Waals surface area contributed by atoms with Crippen molar-refractivity contribution in [1.82, 2.24) is 0 Å². The SMILES string of the molecule is CC(O)(O)[C@H]1CC[C@H]2[C@@H]3C=CC4=CC(=O)C=C[C@]4(C)[C@H]3CC[C@]12C. The molecule has 6 atom stereocenters. The minimum Gasteiger partial charge on any atom is -0.366 e. The Balaban J connectivity index is 1.72. The highest BCUT2D eigenvalue weighted by atomic mass is 16.5. The van der Waals surface area contributed by atoms with Gasteiger partial charge in [-0.05, 0) is 73.5 Å². The zero-order chi connectivity index (χ0) is 17.3. The summed E-state index contributed by atoms with van der Waals surface area (Å²) < 4.78 is 0.